The van der Waals surface area contributed by atoms with Crippen LogP contribution in [0.5, 0.6) is 11.5 Å². The molecule has 188 valence electrons. The maximum absolute atomic E-state index is 13.1. The summed E-state index contributed by atoms with van der Waals surface area (Å²) in [7, 11) is 1.43. The van der Waals surface area contributed by atoms with E-state index in [0.717, 1.165) is 10.5 Å². The Morgan fingerprint density at radius 2 is 1.81 bits per heavy atom. The Morgan fingerprint density at radius 3 is 2.49 bits per heavy atom. The molecule has 1 N–H and O–H groups in total. The highest BCUT2D eigenvalue weighted by Gasteiger charge is 2.36. The molecule has 0 unspecified atom stereocenters. The van der Waals surface area contributed by atoms with E-state index < -0.39 is 22.8 Å². The number of halogens is 1. The first-order valence-corrected chi connectivity index (χ1v) is 11.7. The van der Waals surface area contributed by atoms with E-state index in [1.165, 1.54) is 25.3 Å². The van der Waals surface area contributed by atoms with Crippen LogP contribution in [0, 0.1) is 17.0 Å². The number of benzene rings is 3. The Balaban J connectivity index is 1.62. The molecule has 0 radical (unpaired) electrons. The Hall–Kier alpha value is -4.51. The maximum Gasteiger partial charge on any atom is 0.335 e. The normalized spacial score (nSPS) is 14.5. The molecule has 37 heavy (non-hydrogen) atoms. The Kier molecular flexibility index (Phi) is 7.35. The van der Waals surface area contributed by atoms with Crippen molar-refractivity contribution in [3.63, 3.8) is 0 Å². The van der Waals surface area contributed by atoms with Gasteiger partial charge in [0.1, 0.15) is 12.2 Å². The summed E-state index contributed by atoms with van der Waals surface area (Å²) in [5, 5.41) is 13.2. The second-order valence-electron chi connectivity index (χ2n) is 8.04. The number of amides is 4. The van der Waals surface area contributed by atoms with Crippen LogP contribution in [-0.4, -0.2) is 29.9 Å². The number of urea groups is 1. The van der Waals surface area contributed by atoms with Crippen molar-refractivity contribution in [2.45, 2.75) is 13.5 Å². The highest BCUT2D eigenvalue weighted by atomic mass is 79.9. The first-order chi connectivity index (χ1) is 17.7. The van der Waals surface area contributed by atoms with E-state index in [4.69, 9.17) is 9.47 Å². The second-order valence-corrected chi connectivity index (χ2v) is 8.90. The summed E-state index contributed by atoms with van der Waals surface area (Å²) in [6.07, 6.45) is 1.35. The summed E-state index contributed by atoms with van der Waals surface area (Å²) < 4.78 is 11.7. The lowest BCUT2D eigenvalue weighted by molar-refractivity contribution is -0.384. The first kappa shape index (κ1) is 25.6. The van der Waals surface area contributed by atoms with E-state index in [9.17, 15) is 24.5 Å². The fourth-order valence-electron chi connectivity index (χ4n) is 3.63. The molecule has 1 saturated heterocycles. The number of nitrogens with zero attached hydrogens (tertiary/aromatic N) is 2. The number of barbiturate groups is 1. The van der Waals surface area contributed by atoms with E-state index in [1.54, 1.807) is 48.5 Å². The Morgan fingerprint density at radius 1 is 1.08 bits per heavy atom. The van der Waals surface area contributed by atoms with Gasteiger partial charge in [0.25, 0.3) is 17.5 Å². The van der Waals surface area contributed by atoms with Gasteiger partial charge in [-0.2, -0.15) is 0 Å². The molecule has 4 amide bonds. The van der Waals surface area contributed by atoms with Gasteiger partial charge in [-0.25, -0.2) is 9.69 Å². The molecular formula is C26H20BrN3O7. The maximum atomic E-state index is 13.1. The molecule has 1 heterocycles. The number of non-ortho nitro benzene ring substituents is 1. The van der Waals surface area contributed by atoms with Gasteiger partial charge in [-0.15, -0.1) is 0 Å². The van der Waals surface area contributed by atoms with Crippen molar-refractivity contribution < 1.29 is 28.8 Å². The molecule has 3 aromatic rings. The predicted octanol–water partition coefficient (Wildman–Crippen LogP) is 4.92. The van der Waals surface area contributed by atoms with Gasteiger partial charge in [0.15, 0.2) is 11.5 Å². The smallest absolute Gasteiger partial charge is 0.335 e. The standard InChI is InChI=1S/C26H20BrN3O7/c1-15-6-8-18(9-7-15)29-25(32)20(24(31)28-26(29)33)11-17-12-21(27)23(22(13-17)36-2)37-14-16-4-3-5-19(10-16)30(34)35/h3-13H,14H2,1-2H3,(H,28,31,33)/b20-11+. The monoisotopic (exact) mass is 565 g/mol. The molecule has 0 atom stereocenters. The van der Waals surface area contributed by atoms with Crippen LogP contribution in [-0.2, 0) is 16.2 Å². The number of hydrogen-bond donors (Lipinski definition) is 1. The number of nitro groups is 1. The number of imide groups is 2. The van der Waals surface area contributed by atoms with Crippen molar-refractivity contribution in [3.05, 3.63) is 97.5 Å². The summed E-state index contributed by atoms with van der Waals surface area (Å²) in [4.78, 5) is 49.5. The van der Waals surface area contributed by atoms with Gasteiger partial charge >= 0.3 is 6.03 Å². The van der Waals surface area contributed by atoms with Crippen LogP contribution in [0.2, 0.25) is 0 Å². The quantitative estimate of drug-likeness (QED) is 0.186. The van der Waals surface area contributed by atoms with Crippen molar-refractivity contribution in [2.24, 2.45) is 0 Å². The molecule has 0 spiro atoms. The molecule has 3 aromatic carbocycles. The fourth-order valence-corrected chi connectivity index (χ4v) is 4.21. The predicted molar refractivity (Wildman–Crippen MR) is 138 cm³/mol. The van der Waals surface area contributed by atoms with Crippen molar-refractivity contribution in [1.82, 2.24) is 5.32 Å². The molecule has 11 heteroatoms. The number of ether oxygens (including phenoxy) is 2. The highest BCUT2D eigenvalue weighted by Crippen LogP contribution is 2.38. The molecule has 0 aliphatic carbocycles. The lowest BCUT2D eigenvalue weighted by Crippen LogP contribution is -2.54. The van der Waals surface area contributed by atoms with E-state index in [-0.39, 0.29) is 17.9 Å². The Labute approximate surface area is 219 Å². The lowest BCUT2D eigenvalue weighted by atomic mass is 10.1. The number of carbonyl (C=O) groups excluding carboxylic acids is 3. The average Bonchev–Trinajstić information content (AvgIpc) is 2.86. The number of anilines is 1. The van der Waals surface area contributed by atoms with Gasteiger partial charge in [-0.05, 0) is 64.3 Å². The molecule has 0 bridgehead atoms. The van der Waals surface area contributed by atoms with E-state index in [0.29, 0.717) is 32.8 Å². The minimum Gasteiger partial charge on any atom is -0.493 e. The SMILES string of the molecule is COc1cc(/C=C2\C(=O)NC(=O)N(c3ccc(C)cc3)C2=O)cc(Br)c1OCc1cccc([N+](=O)[O-])c1. The second kappa shape index (κ2) is 10.6. The van der Waals surface area contributed by atoms with Crippen LogP contribution in [0.1, 0.15) is 16.7 Å². The summed E-state index contributed by atoms with van der Waals surface area (Å²) in [6, 6.07) is 15.1. The molecule has 1 fully saturated rings. The van der Waals surface area contributed by atoms with E-state index in [2.05, 4.69) is 21.2 Å². The zero-order chi connectivity index (χ0) is 26.7. The number of hydrogen-bond acceptors (Lipinski definition) is 7. The van der Waals surface area contributed by atoms with Gasteiger partial charge in [-0.1, -0.05) is 29.8 Å². The average molecular weight is 566 g/mol. The van der Waals surface area contributed by atoms with Crippen LogP contribution in [0.4, 0.5) is 16.2 Å². The summed E-state index contributed by atoms with van der Waals surface area (Å²) in [5.41, 5.74) is 2.00. The molecule has 0 aromatic heterocycles. The lowest BCUT2D eigenvalue weighted by Gasteiger charge is -2.26. The zero-order valence-electron chi connectivity index (χ0n) is 19.7. The van der Waals surface area contributed by atoms with Gasteiger partial charge in [0.2, 0.25) is 0 Å². The van der Waals surface area contributed by atoms with E-state index >= 15 is 0 Å². The number of aryl methyl sites for hydroxylation is 1. The number of carbonyl (C=O) groups is 3. The van der Waals surface area contributed by atoms with Crippen molar-refractivity contribution >= 4 is 51.2 Å². The van der Waals surface area contributed by atoms with Crippen LogP contribution < -0.4 is 19.7 Å². The third kappa shape index (κ3) is 5.51. The third-order valence-electron chi connectivity index (χ3n) is 5.46. The molecule has 0 saturated carbocycles. The summed E-state index contributed by atoms with van der Waals surface area (Å²) >= 11 is 3.42. The third-order valence-corrected chi connectivity index (χ3v) is 6.05. The van der Waals surface area contributed by atoms with Crippen LogP contribution >= 0.6 is 15.9 Å². The fraction of sp³-hybridized carbons (Fsp3) is 0.115. The van der Waals surface area contributed by atoms with Crippen LogP contribution in [0.15, 0.2) is 70.7 Å². The van der Waals surface area contributed by atoms with Gasteiger partial charge < -0.3 is 9.47 Å². The molecule has 10 nitrogen and oxygen atoms in total. The largest absolute Gasteiger partial charge is 0.493 e. The van der Waals surface area contributed by atoms with Gasteiger partial charge in [0.05, 0.1) is 22.2 Å². The summed E-state index contributed by atoms with van der Waals surface area (Å²) in [6.45, 7) is 1.91. The number of rotatable bonds is 7. The molecule has 1 aliphatic rings. The van der Waals surface area contributed by atoms with E-state index in [1.807, 2.05) is 6.92 Å². The summed E-state index contributed by atoms with van der Waals surface area (Å²) in [5.74, 6) is -0.966. The minimum atomic E-state index is -0.834. The van der Waals surface area contributed by atoms with Crippen molar-refractivity contribution in [1.29, 1.82) is 0 Å². The van der Waals surface area contributed by atoms with Gasteiger partial charge in [-0.3, -0.25) is 25.0 Å². The molecular weight excluding hydrogens is 546 g/mol. The highest BCUT2D eigenvalue weighted by molar-refractivity contribution is 9.10. The molecule has 1 aliphatic heterocycles. The van der Waals surface area contributed by atoms with Crippen LogP contribution in [0.3, 0.4) is 0 Å². The minimum absolute atomic E-state index is 0.0333. The topological polar surface area (TPSA) is 128 Å². The Bertz CT molecular complexity index is 1450. The first-order valence-electron chi connectivity index (χ1n) is 10.9. The molecule has 4 rings (SSSR count). The van der Waals surface area contributed by atoms with Crippen LogP contribution in [0.25, 0.3) is 6.08 Å². The number of methoxy groups -OCH3 is 1. The van der Waals surface area contributed by atoms with Crippen molar-refractivity contribution in [3.8, 4) is 11.5 Å². The van der Waals surface area contributed by atoms with Gasteiger partial charge in [0, 0.05) is 12.1 Å². The number of nitro benzene ring substituents is 1. The van der Waals surface area contributed by atoms with Crippen molar-refractivity contribution in [2.75, 3.05) is 12.0 Å². The zero-order valence-corrected chi connectivity index (χ0v) is 21.3. The number of nitrogens with one attached hydrogen (secondary N) is 1.